The third-order valence-electron chi connectivity index (χ3n) is 8.18. The number of ether oxygens (including phenoxy) is 2. The number of hydrogen-bond donors (Lipinski definition) is 1. The van der Waals surface area contributed by atoms with Crippen LogP contribution in [0.1, 0.15) is 45.2 Å². The number of nitrogens with zero attached hydrogens (tertiary/aromatic N) is 1. The Labute approximate surface area is 211 Å². The lowest BCUT2D eigenvalue weighted by Crippen LogP contribution is -2.48. The summed E-state index contributed by atoms with van der Waals surface area (Å²) in [5.74, 6) is 0.629. The summed E-state index contributed by atoms with van der Waals surface area (Å²) in [6.07, 6.45) is 9.07. The van der Waals surface area contributed by atoms with Crippen molar-refractivity contribution in [2.75, 3.05) is 6.61 Å². The van der Waals surface area contributed by atoms with Crippen LogP contribution in [0.3, 0.4) is 0 Å². The number of nitrogens with one attached hydrogen (secondary N) is 1. The fourth-order valence-corrected chi connectivity index (χ4v) is 6.64. The molecule has 2 aliphatic carbocycles. The van der Waals surface area contributed by atoms with Crippen molar-refractivity contribution in [1.29, 1.82) is 0 Å². The number of pyridine rings is 1. The van der Waals surface area contributed by atoms with Crippen LogP contribution in [0.15, 0.2) is 48.7 Å². The van der Waals surface area contributed by atoms with Gasteiger partial charge in [0.05, 0.1) is 18.2 Å². The zero-order chi connectivity index (χ0) is 25.2. The maximum Gasteiger partial charge on any atom is 0.407 e. The first kappa shape index (κ1) is 24.5. The number of cyclic esters (lactones) is 1. The Morgan fingerprint density at radius 2 is 2.08 bits per heavy atom. The van der Waals surface area contributed by atoms with E-state index in [9.17, 15) is 14.0 Å². The van der Waals surface area contributed by atoms with Crippen molar-refractivity contribution in [3.05, 3.63) is 60.2 Å². The van der Waals surface area contributed by atoms with Crippen LogP contribution < -0.4 is 5.32 Å². The fraction of sp³-hybridized carbons (Fsp3) is 0.483. The molecule has 1 aliphatic heterocycles. The molecule has 0 spiro atoms. The van der Waals surface area contributed by atoms with Crippen LogP contribution in [-0.4, -0.2) is 35.8 Å². The summed E-state index contributed by atoms with van der Waals surface area (Å²) in [4.78, 5) is 29.2. The van der Waals surface area contributed by atoms with Gasteiger partial charge < -0.3 is 14.8 Å². The van der Waals surface area contributed by atoms with Crippen LogP contribution in [-0.2, 0) is 14.3 Å². The highest BCUT2D eigenvalue weighted by Gasteiger charge is 2.54. The van der Waals surface area contributed by atoms with E-state index in [2.05, 4.69) is 16.4 Å². The molecule has 1 aromatic heterocycles. The minimum atomic E-state index is -0.368. The van der Waals surface area contributed by atoms with Gasteiger partial charge in [-0.2, -0.15) is 0 Å². The van der Waals surface area contributed by atoms with E-state index in [1.54, 1.807) is 19.2 Å². The van der Waals surface area contributed by atoms with Gasteiger partial charge in [-0.15, -0.1) is 0 Å². The van der Waals surface area contributed by atoms with Crippen LogP contribution in [0, 0.1) is 35.4 Å². The lowest BCUT2D eigenvalue weighted by molar-refractivity contribution is -0.144. The molecule has 0 bridgehead atoms. The second-order valence-corrected chi connectivity index (χ2v) is 10.3. The number of hydrogen-bond acceptors (Lipinski definition) is 5. The van der Waals surface area contributed by atoms with E-state index in [1.807, 2.05) is 31.2 Å². The van der Waals surface area contributed by atoms with Crippen molar-refractivity contribution in [3.8, 4) is 11.1 Å². The van der Waals surface area contributed by atoms with E-state index in [0.717, 1.165) is 42.5 Å². The predicted octanol–water partition coefficient (Wildman–Crippen LogP) is 5.63. The Morgan fingerprint density at radius 3 is 2.83 bits per heavy atom. The third kappa shape index (κ3) is 5.01. The molecule has 3 fully saturated rings. The van der Waals surface area contributed by atoms with Crippen LogP contribution in [0.5, 0.6) is 0 Å². The number of esters is 1. The van der Waals surface area contributed by atoms with Gasteiger partial charge in [-0.1, -0.05) is 24.3 Å². The quantitative estimate of drug-likeness (QED) is 0.548. The summed E-state index contributed by atoms with van der Waals surface area (Å²) in [6, 6.07) is 10.4. The van der Waals surface area contributed by atoms with E-state index in [4.69, 9.17) is 9.47 Å². The van der Waals surface area contributed by atoms with Crippen molar-refractivity contribution < 1.29 is 23.5 Å². The number of carbonyl (C=O) groups excluding carboxylic acids is 2. The normalized spacial score (nSPS) is 31.4. The SMILES string of the molecule is CCOC(=O)N[C@H]1CC[C@H]2[C@H](C1)C[C@H]1C(=O)O[C@H](C)[C@H]1[C@H]2/C=C/c1ccc(-c2cccc(F)c2)cn1. The van der Waals surface area contributed by atoms with Gasteiger partial charge in [0.2, 0.25) is 0 Å². The highest BCUT2D eigenvalue weighted by atomic mass is 19.1. The lowest BCUT2D eigenvalue weighted by Gasteiger charge is -2.47. The van der Waals surface area contributed by atoms with Crippen molar-refractivity contribution >= 4 is 18.1 Å². The van der Waals surface area contributed by atoms with Gasteiger partial charge >= 0.3 is 12.1 Å². The second kappa shape index (κ2) is 10.4. The molecule has 1 aromatic carbocycles. The number of fused-ring (bicyclic) bond motifs is 2. The zero-order valence-electron chi connectivity index (χ0n) is 20.7. The van der Waals surface area contributed by atoms with Gasteiger partial charge in [-0.25, -0.2) is 9.18 Å². The van der Waals surface area contributed by atoms with Gasteiger partial charge in [0.1, 0.15) is 11.9 Å². The Morgan fingerprint density at radius 1 is 1.22 bits per heavy atom. The lowest BCUT2D eigenvalue weighted by atomic mass is 9.57. The van der Waals surface area contributed by atoms with Crippen LogP contribution in [0.25, 0.3) is 17.2 Å². The molecule has 2 aromatic rings. The molecule has 1 N–H and O–H groups in total. The standard InChI is InChI=1S/C29H33FN2O4/c1-3-35-29(34)32-23-10-11-24-20(14-23)15-26-27(17(2)36-28(26)33)25(24)12-9-22-8-7-19(16-31-22)18-5-4-6-21(30)13-18/h4-9,12-13,16-17,20,23-27H,3,10-11,14-15H2,1-2H3,(H,32,34)/b12-9+/t17-,20-,23+,24+,25+,26-,27+/m1/s1. The average Bonchev–Trinajstić information content (AvgIpc) is 3.15. The first-order valence-corrected chi connectivity index (χ1v) is 13.0. The first-order chi connectivity index (χ1) is 17.4. The van der Waals surface area contributed by atoms with Gasteiger partial charge in [0.25, 0.3) is 0 Å². The molecule has 1 amide bonds. The molecular formula is C29H33FN2O4. The van der Waals surface area contributed by atoms with E-state index in [1.165, 1.54) is 12.1 Å². The van der Waals surface area contributed by atoms with Crippen molar-refractivity contribution in [1.82, 2.24) is 10.3 Å². The Bertz CT molecular complexity index is 1130. The second-order valence-electron chi connectivity index (χ2n) is 10.3. The van der Waals surface area contributed by atoms with Crippen LogP contribution in [0.2, 0.25) is 0 Å². The molecule has 7 heteroatoms. The summed E-state index contributed by atoms with van der Waals surface area (Å²) in [6.45, 7) is 4.15. The summed E-state index contributed by atoms with van der Waals surface area (Å²) in [5, 5.41) is 3.00. The molecule has 1 saturated heterocycles. The van der Waals surface area contributed by atoms with Gasteiger partial charge in [-0.05, 0) is 87.1 Å². The smallest absolute Gasteiger partial charge is 0.407 e. The number of amides is 1. The average molecular weight is 493 g/mol. The van der Waals surface area contributed by atoms with E-state index < -0.39 is 0 Å². The molecular weight excluding hydrogens is 459 g/mol. The van der Waals surface area contributed by atoms with E-state index in [-0.39, 0.29) is 47.8 Å². The zero-order valence-corrected chi connectivity index (χ0v) is 20.7. The van der Waals surface area contributed by atoms with Gasteiger partial charge in [-0.3, -0.25) is 9.78 Å². The summed E-state index contributed by atoms with van der Waals surface area (Å²) < 4.78 is 24.3. The van der Waals surface area contributed by atoms with Crippen LogP contribution >= 0.6 is 0 Å². The molecule has 7 atom stereocenters. The number of alkyl carbamates (subject to hydrolysis) is 1. The number of allylic oxidation sites excluding steroid dienone is 1. The number of rotatable bonds is 5. The van der Waals surface area contributed by atoms with Crippen molar-refractivity contribution in [2.45, 2.75) is 51.7 Å². The third-order valence-corrected chi connectivity index (χ3v) is 8.18. The molecule has 190 valence electrons. The first-order valence-electron chi connectivity index (χ1n) is 13.0. The van der Waals surface area contributed by atoms with E-state index in [0.29, 0.717) is 18.4 Å². The largest absolute Gasteiger partial charge is 0.462 e. The number of carbonyl (C=O) groups is 2. The molecule has 3 aliphatic rings. The van der Waals surface area contributed by atoms with Gasteiger partial charge in [0, 0.05) is 23.7 Å². The minimum absolute atomic E-state index is 0.0679. The highest BCUT2D eigenvalue weighted by Crippen LogP contribution is 2.53. The maximum atomic E-state index is 13.6. The molecule has 6 nitrogen and oxygen atoms in total. The maximum absolute atomic E-state index is 13.6. The molecule has 2 heterocycles. The molecule has 2 saturated carbocycles. The monoisotopic (exact) mass is 492 g/mol. The van der Waals surface area contributed by atoms with Crippen LogP contribution in [0.4, 0.5) is 9.18 Å². The summed E-state index contributed by atoms with van der Waals surface area (Å²) in [5.41, 5.74) is 2.48. The Hall–Kier alpha value is -3.22. The Balaban J connectivity index is 1.34. The number of benzene rings is 1. The molecule has 36 heavy (non-hydrogen) atoms. The van der Waals surface area contributed by atoms with Crippen molar-refractivity contribution in [2.24, 2.45) is 29.6 Å². The van der Waals surface area contributed by atoms with Crippen molar-refractivity contribution in [3.63, 3.8) is 0 Å². The minimum Gasteiger partial charge on any atom is -0.462 e. The summed E-state index contributed by atoms with van der Waals surface area (Å²) >= 11 is 0. The fourth-order valence-electron chi connectivity index (χ4n) is 6.64. The number of halogens is 1. The topological polar surface area (TPSA) is 77.5 Å². The summed E-state index contributed by atoms with van der Waals surface area (Å²) in [7, 11) is 0. The number of aromatic nitrogens is 1. The molecule has 5 rings (SSSR count). The molecule has 0 radical (unpaired) electrons. The highest BCUT2D eigenvalue weighted by molar-refractivity contribution is 5.75. The van der Waals surface area contributed by atoms with Gasteiger partial charge in [0.15, 0.2) is 0 Å². The predicted molar refractivity (Wildman–Crippen MR) is 134 cm³/mol. The Kier molecular flexibility index (Phi) is 7.08. The molecule has 0 unspecified atom stereocenters. The van der Waals surface area contributed by atoms with E-state index >= 15 is 0 Å².